The lowest BCUT2D eigenvalue weighted by Gasteiger charge is -2.30. The molecule has 1 rings (SSSR count). The van der Waals surface area contributed by atoms with E-state index in [4.69, 9.17) is 0 Å². The Labute approximate surface area is 116 Å². The summed E-state index contributed by atoms with van der Waals surface area (Å²) in [6, 6.07) is 10.1. The van der Waals surface area contributed by atoms with Gasteiger partial charge in [-0.2, -0.15) is 0 Å². The van der Waals surface area contributed by atoms with E-state index < -0.39 is 12.2 Å². The second-order valence-corrected chi connectivity index (χ2v) is 5.60. The van der Waals surface area contributed by atoms with Crippen LogP contribution in [0.4, 0.5) is 0 Å². The van der Waals surface area contributed by atoms with Gasteiger partial charge in [0.25, 0.3) is 0 Å². The minimum atomic E-state index is -0.550. The lowest BCUT2D eigenvalue weighted by Crippen LogP contribution is -2.37. The largest absolute Gasteiger partial charge is 0.392 e. The van der Waals surface area contributed by atoms with Gasteiger partial charge in [-0.25, -0.2) is 0 Å². The first-order valence-corrected chi connectivity index (χ1v) is 7.00. The van der Waals surface area contributed by atoms with Crippen LogP contribution in [0.3, 0.4) is 0 Å². The van der Waals surface area contributed by atoms with Crippen LogP contribution in [0.25, 0.3) is 0 Å². The highest BCUT2D eigenvalue weighted by Gasteiger charge is 2.29. The highest BCUT2D eigenvalue weighted by atomic mass is 16.3. The molecular weight excluding hydrogens is 236 g/mol. The van der Waals surface area contributed by atoms with Crippen LogP contribution in [0.5, 0.6) is 0 Å². The van der Waals surface area contributed by atoms with Crippen molar-refractivity contribution in [2.45, 2.75) is 39.4 Å². The summed E-state index contributed by atoms with van der Waals surface area (Å²) >= 11 is 0. The van der Waals surface area contributed by atoms with Crippen molar-refractivity contribution < 1.29 is 10.2 Å². The summed E-state index contributed by atoms with van der Waals surface area (Å²) in [5, 5.41) is 20.5. The molecule has 0 bridgehead atoms. The third-order valence-corrected chi connectivity index (χ3v) is 3.97. The molecule has 0 radical (unpaired) electrons. The number of aliphatic hydroxyl groups is 2. The highest BCUT2D eigenvalue weighted by molar-refractivity contribution is 5.15. The summed E-state index contributed by atoms with van der Waals surface area (Å²) < 4.78 is 0. The number of hydrogen-bond acceptors (Lipinski definition) is 2. The molecule has 0 saturated heterocycles. The maximum atomic E-state index is 10.4. The highest BCUT2D eigenvalue weighted by Crippen LogP contribution is 2.24. The fourth-order valence-corrected chi connectivity index (χ4v) is 2.45. The van der Waals surface area contributed by atoms with E-state index in [-0.39, 0.29) is 17.8 Å². The Morgan fingerprint density at radius 2 is 1.63 bits per heavy atom. The standard InChI is InChI=1S/C17H26O2/c1-5-12(2)16(18)14(4)17(19)13(3)11-15-9-7-6-8-10-15/h5-10,12-14,16-19H,1,11H2,2-4H3/t12-,13+,14-,16?,17-/m0/s1. The molecule has 1 aromatic rings. The molecule has 0 saturated carbocycles. The molecule has 1 aromatic carbocycles. The Bertz CT molecular complexity index is 374. The van der Waals surface area contributed by atoms with Crippen molar-refractivity contribution >= 4 is 0 Å². The maximum absolute atomic E-state index is 10.4. The van der Waals surface area contributed by atoms with Crippen LogP contribution in [-0.2, 0) is 6.42 Å². The first-order chi connectivity index (χ1) is 8.97. The third kappa shape index (κ3) is 4.48. The Morgan fingerprint density at radius 3 is 2.16 bits per heavy atom. The minimum absolute atomic E-state index is 0.00595. The smallest absolute Gasteiger partial charge is 0.0650 e. The van der Waals surface area contributed by atoms with E-state index in [1.54, 1.807) is 6.08 Å². The SMILES string of the molecule is C=C[C@H](C)C(O)[C@H](C)[C@@H](O)[C@H](C)Cc1ccccc1. The molecule has 0 aliphatic rings. The maximum Gasteiger partial charge on any atom is 0.0650 e. The zero-order chi connectivity index (χ0) is 14.4. The fraction of sp³-hybridized carbons (Fsp3) is 0.529. The van der Waals surface area contributed by atoms with Crippen molar-refractivity contribution in [3.8, 4) is 0 Å². The molecule has 0 aliphatic heterocycles. The summed E-state index contributed by atoms with van der Waals surface area (Å²) in [5.41, 5.74) is 1.22. The molecule has 2 nitrogen and oxygen atoms in total. The number of benzene rings is 1. The van der Waals surface area contributed by atoms with Gasteiger partial charge in [0, 0.05) is 11.8 Å². The predicted octanol–water partition coefficient (Wildman–Crippen LogP) is 3.05. The fourth-order valence-electron chi connectivity index (χ4n) is 2.45. The van der Waals surface area contributed by atoms with Gasteiger partial charge in [-0.3, -0.25) is 0 Å². The van der Waals surface area contributed by atoms with Gasteiger partial charge in [-0.05, 0) is 17.9 Å². The molecular formula is C17H26O2. The average molecular weight is 262 g/mol. The van der Waals surface area contributed by atoms with E-state index in [2.05, 4.69) is 18.7 Å². The quantitative estimate of drug-likeness (QED) is 0.741. The number of aliphatic hydroxyl groups excluding tert-OH is 2. The molecule has 0 spiro atoms. The first-order valence-electron chi connectivity index (χ1n) is 7.00. The van der Waals surface area contributed by atoms with Crippen molar-refractivity contribution in [1.82, 2.24) is 0 Å². The van der Waals surface area contributed by atoms with Gasteiger partial charge >= 0.3 is 0 Å². The topological polar surface area (TPSA) is 40.5 Å². The normalized spacial score (nSPS) is 19.2. The average Bonchev–Trinajstić information content (AvgIpc) is 2.44. The van der Waals surface area contributed by atoms with E-state index in [1.807, 2.05) is 39.0 Å². The lowest BCUT2D eigenvalue weighted by molar-refractivity contribution is -0.0200. The molecule has 0 amide bonds. The molecule has 0 heterocycles. The molecule has 0 aromatic heterocycles. The van der Waals surface area contributed by atoms with Gasteiger partial charge in [0.15, 0.2) is 0 Å². The van der Waals surface area contributed by atoms with E-state index >= 15 is 0 Å². The molecule has 1 unspecified atom stereocenters. The molecule has 2 heteroatoms. The third-order valence-electron chi connectivity index (χ3n) is 3.97. The van der Waals surface area contributed by atoms with Crippen molar-refractivity contribution in [3.05, 3.63) is 48.6 Å². The zero-order valence-electron chi connectivity index (χ0n) is 12.2. The summed E-state index contributed by atoms with van der Waals surface area (Å²) in [4.78, 5) is 0. The van der Waals surface area contributed by atoms with E-state index in [9.17, 15) is 10.2 Å². The van der Waals surface area contributed by atoms with Gasteiger partial charge < -0.3 is 10.2 Å². The van der Waals surface area contributed by atoms with Gasteiger partial charge in [0.2, 0.25) is 0 Å². The van der Waals surface area contributed by atoms with Crippen molar-refractivity contribution in [2.75, 3.05) is 0 Å². The van der Waals surface area contributed by atoms with Crippen molar-refractivity contribution in [3.63, 3.8) is 0 Å². The molecule has 106 valence electrons. The summed E-state index contributed by atoms with van der Waals surface area (Å²) in [6.45, 7) is 9.54. The lowest BCUT2D eigenvalue weighted by atomic mass is 9.82. The summed E-state index contributed by atoms with van der Waals surface area (Å²) in [6.07, 6.45) is 1.49. The Balaban J connectivity index is 2.61. The van der Waals surface area contributed by atoms with Gasteiger partial charge in [-0.15, -0.1) is 6.58 Å². The monoisotopic (exact) mass is 262 g/mol. The first kappa shape index (κ1) is 15.9. The molecule has 19 heavy (non-hydrogen) atoms. The van der Waals surface area contributed by atoms with Crippen LogP contribution in [0, 0.1) is 17.8 Å². The Kier molecular flexibility index (Phi) is 6.26. The predicted molar refractivity (Wildman–Crippen MR) is 79.8 cm³/mol. The molecule has 5 atom stereocenters. The molecule has 2 N–H and O–H groups in total. The van der Waals surface area contributed by atoms with Crippen LogP contribution in [-0.4, -0.2) is 22.4 Å². The van der Waals surface area contributed by atoms with E-state index in [1.165, 1.54) is 5.56 Å². The summed E-state index contributed by atoms with van der Waals surface area (Å²) in [7, 11) is 0. The van der Waals surface area contributed by atoms with E-state index in [0.29, 0.717) is 0 Å². The Hall–Kier alpha value is -1.12. The second-order valence-electron chi connectivity index (χ2n) is 5.60. The van der Waals surface area contributed by atoms with Crippen molar-refractivity contribution in [2.24, 2.45) is 17.8 Å². The molecule has 0 fully saturated rings. The zero-order valence-corrected chi connectivity index (χ0v) is 12.2. The van der Waals surface area contributed by atoms with Crippen LogP contribution >= 0.6 is 0 Å². The van der Waals surface area contributed by atoms with Gasteiger partial charge in [0.05, 0.1) is 12.2 Å². The second kappa shape index (κ2) is 7.46. The number of rotatable bonds is 7. The molecule has 0 aliphatic carbocycles. The van der Waals surface area contributed by atoms with Gasteiger partial charge in [-0.1, -0.05) is 57.2 Å². The Morgan fingerprint density at radius 1 is 1.05 bits per heavy atom. The van der Waals surface area contributed by atoms with Crippen LogP contribution in [0.15, 0.2) is 43.0 Å². The van der Waals surface area contributed by atoms with E-state index in [0.717, 1.165) is 6.42 Å². The van der Waals surface area contributed by atoms with Crippen LogP contribution in [0.2, 0.25) is 0 Å². The van der Waals surface area contributed by atoms with Crippen LogP contribution in [0.1, 0.15) is 26.3 Å². The van der Waals surface area contributed by atoms with Gasteiger partial charge in [0.1, 0.15) is 0 Å². The minimum Gasteiger partial charge on any atom is -0.392 e. The van der Waals surface area contributed by atoms with Crippen LogP contribution < -0.4 is 0 Å². The van der Waals surface area contributed by atoms with Crippen molar-refractivity contribution in [1.29, 1.82) is 0 Å². The number of hydrogen-bond donors (Lipinski definition) is 2. The summed E-state index contributed by atoms with van der Waals surface area (Å²) in [5.74, 6) is -0.0515.